The number of piperidine rings is 1. The molecule has 0 spiro atoms. The quantitative estimate of drug-likeness (QED) is 0.760. The Morgan fingerprint density at radius 2 is 1.72 bits per heavy atom. The lowest BCUT2D eigenvalue weighted by atomic mass is 9.96. The molecule has 3 heterocycles. The van der Waals surface area contributed by atoms with Crippen LogP contribution in [0.25, 0.3) is 10.9 Å². The Hall–Kier alpha value is -1.90. The number of carbonyl (C=O) groups is 1. The maximum Gasteiger partial charge on any atom is 0.243 e. The van der Waals surface area contributed by atoms with E-state index in [1.54, 1.807) is 16.4 Å². The highest BCUT2D eigenvalue weighted by molar-refractivity contribution is 7.89. The van der Waals surface area contributed by atoms with Crippen molar-refractivity contribution < 1.29 is 13.2 Å². The molecule has 1 aromatic carbocycles. The second-order valence-corrected chi connectivity index (χ2v) is 10.1. The summed E-state index contributed by atoms with van der Waals surface area (Å²) in [5.74, 6) is 0.128. The highest BCUT2D eigenvalue weighted by Gasteiger charge is 2.34. The van der Waals surface area contributed by atoms with Crippen molar-refractivity contribution in [1.29, 1.82) is 0 Å². The second-order valence-electron chi connectivity index (χ2n) is 8.13. The number of likely N-dealkylation sites (N-methyl/N-ethyl adjacent to an activating group) is 1. The summed E-state index contributed by atoms with van der Waals surface area (Å²) in [5, 5.41) is 0.938. The lowest BCUT2D eigenvalue weighted by Gasteiger charge is -2.37. The summed E-state index contributed by atoms with van der Waals surface area (Å²) in [6, 6.07) is 7.30. The molecule has 0 N–H and O–H groups in total. The lowest BCUT2D eigenvalue weighted by molar-refractivity contribution is -0.138. The van der Waals surface area contributed by atoms with Crippen molar-refractivity contribution in [1.82, 2.24) is 18.7 Å². The van der Waals surface area contributed by atoms with Gasteiger partial charge < -0.3 is 14.4 Å². The summed E-state index contributed by atoms with van der Waals surface area (Å²) in [4.78, 5) is 17.3. The monoisotopic (exact) mass is 418 g/mol. The fraction of sp³-hybridized carbons (Fsp3) is 0.571. The Kier molecular flexibility index (Phi) is 5.68. The molecule has 1 aromatic heterocycles. The molecule has 0 radical (unpaired) electrons. The van der Waals surface area contributed by atoms with Gasteiger partial charge in [0.15, 0.2) is 0 Å². The standard InChI is InChI=1S/C21H30N4O3S/c1-3-23-9-6-18-16-19(4-5-20(18)23)29(27,28)25-10-7-17(8-11-25)21(26)24-14-12-22(2)13-15-24/h4-6,9,16-17H,3,7-8,10-15H2,1-2H3. The van der Waals surface area contributed by atoms with Gasteiger partial charge in [0.25, 0.3) is 0 Å². The van der Waals surface area contributed by atoms with Gasteiger partial charge in [-0.05, 0) is 51.1 Å². The summed E-state index contributed by atoms with van der Waals surface area (Å²) in [6.07, 6.45) is 3.17. The third-order valence-corrected chi connectivity index (χ3v) is 8.23. The molecule has 4 rings (SSSR count). The number of fused-ring (bicyclic) bond motifs is 1. The van der Waals surface area contributed by atoms with Gasteiger partial charge in [0, 0.05) is 68.8 Å². The molecule has 2 aromatic rings. The van der Waals surface area contributed by atoms with Crippen LogP contribution in [-0.4, -0.2) is 79.3 Å². The van der Waals surface area contributed by atoms with E-state index < -0.39 is 10.0 Å². The predicted octanol–water partition coefficient (Wildman–Crippen LogP) is 1.84. The molecule has 158 valence electrons. The van der Waals surface area contributed by atoms with E-state index in [2.05, 4.69) is 23.4 Å². The minimum absolute atomic E-state index is 0.0640. The van der Waals surface area contributed by atoms with E-state index >= 15 is 0 Å². The molecule has 0 bridgehead atoms. The maximum absolute atomic E-state index is 13.1. The Morgan fingerprint density at radius 1 is 1.03 bits per heavy atom. The number of hydrogen-bond acceptors (Lipinski definition) is 4. The number of benzene rings is 1. The van der Waals surface area contributed by atoms with Gasteiger partial charge >= 0.3 is 0 Å². The Bertz CT molecular complexity index is 985. The lowest BCUT2D eigenvalue weighted by Crippen LogP contribution is -2.50. The van der Waals surface area contributed by atoms with E-state index in [0.717, 1.165) is 43.6 Å². The molecule has 2 fully saturated rings. The molecule has 2 aliphatic heterocycles. The Morgan fingerprint density at radius 3 is 2.38 bits per heavy atom. The van der Waals surface area contributed by atoms with Crippen LogP contribution in [0.1, 0.15) is 19.8 Å². The molecular formula is C21H30N4O3S. The zero-order valence-electron chi connectivity index (χ0n) is 17.2. The average Bonchev–Trinajstić information content (AvgIpc) is 3.16. The van der Waals surface area contributed by atoms with Crippen LogP contribution in [0.15, 0.2) is 35.4 Å². The fourth-order valence-corrected chi connectivity index (χ4v) is 5.90. The van der Waals surface area contributed by atoms with Gasteiger partial charge in [-0.15, -0.1) is 0 Å². The smallest absolute Gasteiger partial charge is 0.243 e. The SMILES string of the molecule is CCn1ccc2cc(S(=O)(=O)N3CCC(C(=O)N4CCN(C)CC4)CC3)ccc21. The number of rotatable bonds is 4. The number of amides is 1. The van der Waals surface area contributed by atoms with Gasteiger partial charge in [0.05, 0.1) is 4.90 Å². The first-order valence-electron chi connectivity index (χ1n) is 10.5. The van der Waals surface area contributed by atoms with Crippen LogP contribution in [-0.2, 0) is 21.4 Å². The summed E-state index contributed by atoms with van der Waals surface area (Å²) >= 11 is 0. The van der Waals surface area contributed by atoms with E-state index in [1.807, 2.05) is 23.2 Å². The van der Waals surface area contributed by atoms with Crippen molar-refractivity contribution in [2.75, 3.05) is 46.3 Å². The van der Waals surface area contributed by atoms with Gasteiger partial charge in [0.1, 0.15) is 0 Å². The second kappa shape index (κ2) is 8.08. The Labute approximate surface area is 172 Å². The van der Waals surface area contributed by atoms with Crippen molar-refractivity contribution >= 4 is 26.8 Å². The molecule has 29 heavy (non-hydrogen) atoms. The third-order valence-electron chi connectivity index (χ3n) is 6.34. The van der Waals surface area contributed by atoms with Crippen LogP contribution in [0.4, 0.5) is 0 Å². The number of sulfonamides is 1. The highest BCUT2D eigenvalue weighted by atomic mass is 32.2. The number of nitrogens with zero attached hydrogens (tertiary/aromatic N) is 4. The third kappa shape index (κ3) is 3.93. The average molecular weight is 419 g/mol. The molecule has 1 amide bonds. The van der Waals surface area contributed by atoms with E-state index in [0.29, 0.717) is 30.8 Å². The van der Waals surface area contributed by atoms with Gasteiger partial charge in [-0.2, -0.15) is 4.31 Å². The largest absolute Gasteiger partial charge is 0.348 e. The number of carbonyl (C=O) groups excluding carboxylic acids is 1. The van der Waals surface area contributed by atoms with E-state index in [9.17, 15) is 13.2 Å². The molecule has 0 unspecified atom stereocenters. The van der Waals surface area contributed by atoms with E-state index in [4.69, 9.17) is 0 Å². The van der Waals surface area contributed by atoms with Crippen molar-refractivity contribution in [2.45, 2.75) is 31.2 Å². The van der Waals surface area contributed by atoms with E-state index in [-0.39, 0.29) is 11.8 Å². The molecule has 7 nitrogen and oxygen atoms in total. The molecule has 2 aliphatic rings. The first-order valence-corrected chi connectivity index (χ1v) is 11.9. The van der Waals surface area contributed by atoms with Crippen LogP contribution in [0.5, 0.6) is 0 Å². The number of piperazine rings is 1. The molecule has 0 atom stereocenters. The topological polar surface area (TPSA) is 65.9 Å². The van der Waals surface area contributed by atoms with Crippen molar-refractivity contribution in [3.63, 3.8) is 0 Å². The van der Waals surface area contributed by atoms with Gasteiger partial charge in [0.2, 0.25) is 15.9 Å². The van der Waals surface area contributed by atoms with Gasteiger partial charge in [-0.1, -0.05) is 0 Å². The zero-order valence-corrected chi connectivity index (χ0v) is 18.1. The molecule has 2 saturated heterocycles. The first-order chi connectivity index (χ1) is 13.9. The molecule has 8 heteroatoms. The number of hydrogen-bond donors (Lipinski definition) is 0. The van der Waals surface area contributed by atoms with Crippen molar-refractivity contribution in [3.8, 4) is 0 Å². The molecule has 0 aliphatic carbocycles. The summed E-state index contributed by atoms with van der Waals surface area (Å²) in [5.41, 5.74) is 1.04. The van der Waals surface area contributed by atoms with Gasteiger partial charge in [-0.3, -0.25) is 4.79 Å². The Balaban J connectivity index is 1.43. The van der Waals surface area contributed by atoms with Gasteiger partial charge in [-0.25, -0.2) is 8.42 Å². The van der Waals surface area contributed by atoms with Crippen LogP contribution < -0.4 is 0 Å². The minimum atomic E-state index is -3.54. The minimum Gasteiger partial charge on any atom is -0.348 e. The molecular weight excluding hydrogens is 388 g/mol. The fourth-order valence-electron chi connectivity index (χ4n) is 4.39. The summed E-state index contributed by atoms with van der Waals surface area (Å²) < 4.78 is 29.9. The number of aromatic nitrogens is 1. The van der Waals surface area contributed by atoms with Crippen LogP contribution in [0.2, 0.25) is 0 Å². The molecule has 0 saturated carbocycles. The van der Waals surface area contributed by atoms with E-state index in [1.165, 1.54) is 0 Å². The van der Waals surface area contributed by atoms with Crippen LogP contribution in [0.3, 0.4) is 0 Å². The van der Waals surface area contributed by atoms with Crippen LogP contribution in [0, 0.1) is 5.92 Å². The summed E-state index contributed by atoms with van der Waals surface area (Å²) in [6.45, 7) is 7.07. The van der Waals surface area contributed by atoms with Crippen molar-refractivity contribution in [3.05, 3.63) is 30.5 Å². The maximum atomic E-state index is 13.1. The zero-order chi connectivity index (χ0) is 20.6. The first kappa shape index (κ1) is 20.4. The van der Waals surface area contributed by atoms with Crippen LogP contribution >= 0.6 is 0 Å². The summed E-state index contributed by atoms with van der Waals surface area (Å²) in [7, 11) is -1.47. The predicted molar refractivity (Wildman–Crippen MR) is 113 cm³/mol. The van der Waals surface area contributed by atoms with Crippen molar-refractivity contribution in [2.24, 2.45) is 5.92 Å². The normalized spacial score (nSPS) is 20.4. The number of aryl methyl sites for hydroxylation is 1. The highest BCUT2D eigenvalue weighted by Crippen LogP contribution is 2.27.